The minimum Gasteiger partial charge on any atom is -0.236 e. The van der Waals surface area contributed by atoms with Crippen LogP contribution in [0, 0.1) is 9.49 Å². The summed E-state index contributed by atoms with van der Waals surface area (Å²) in [6.07, 6.45) is 3.43. The van der Waals surface area contributed by atoms with Gasteiger partial charge in [-0.1, -0.05) is 25.4 Å². The van der Waals surface area contributed by atoms with Crippen LogP contribution in [-0.2, 0) is 6.42 Å². The Morgan fingerprint density at radius 3 is 2.82 bits per heavy atom. The molecule has 17 heavy (non-hydrogen) atoms. The maximum atomic E-state index is 6.21. The van der Waals surface area contributed by atoms with E-state index in [0.717, 1.165) is 21.5 Å². The monoisotopic (exact) mass is 382 g/mol. The van der Waals surface area contributed by atoms with Gasteiger partial charge in [-0.2, -0.15) is 11.8 Å². The van der Waals surface area contributed by atoms with E-state index in [4.69, 9.17) is 16.6 Å². The largest absolute Gasteiger partial charge is 0.236 e. The van der Waals surface area contributed by atoms with Crippen LogP contribution in [-0.4, -0.2) is 15.7 Å². The summed E-state index contributed by atoms with van der Waals surface area (Å²) in [4.78, 5) is 9.18. The molecule has 2 heterocycles. The Morgan fingerprint density at radius 1 is 1.47 bits per heavy atom. The summed E-state index contributed by atoms with van der Waals surface area (Å²) in [6.45, 7) is 4.41. The molecule has 0 saturated carbocycles. The second-order valence-corrected chi connectivity index (χ2v) is 7.48. The van der Waals surface area contributed by atoms with E-state index < -0.39 is 0 Å². The van der Waals surface area contributed by atoms with Gasteiger partial charge in [0.25, 0.3) is 0 Å². The number of thioether (sulfide) groups is 1. The maximum Gasteiger partial charge on any atom is 0.146 e. The van der Waals surface area contributed by atoms with E-state index in [0.29, 0.717) is 16.3 Å². The van der Waals surface area contributed by atoms with E-state index in [-0.39, 0.29) is 0 Å². The molecule has 2 nitrogen and oxygen atoms in total. The summed E-state index contributed by atoms with van der Waals surface area (Å²) in [5, 5.41) is 1.08. The van der Waals surface area contributed by atoms with Gasteiger partial charge in [0.15, 0.2) is 0 Å². The lowest BCUT2D eigenvalue weighted by atomic mass is 10.1. The Bertz CT molecular complexity index is 406. The average Bonchev–Trinajstić information content (AvgIpc) is 2.77. The zero-order valence-corrected chi connectivity index (χ0v) is 13.8. The molecular weight excluding hydrogens is 367 g/mol. The van der Waals surface area contributed by atoms with Gasteiger partial charge in [-0.15, -0.1) is 0 Å². The van der Waals surface area contributed by atoms with E-state index in [1.807, 2.05) is 11.8 Å². The molecule has 0 aromatic carbocycles. The smallest absolute Gasteiger partial charge is 0.146 e. The van der Waals surface area contributed by atoms with E-state index in [9.17, 15) is 0 Å². The minimum absolute atomic E-state index is 0.454. The van der Waals surface area contributed by atoms with Gasteiger partial charge in [0.2, 0.25) is 0 Å². The number of nitrogens with zero attached hydrogens (tertiary/aromatic N) is 2. The molecule has 0 amide bonds. The highest BCUT2D eigenvalue weighted by Gasteiger charge is 2.22. The Balaban J connectivity index is 2.31. The highest BCUT2D eigenvalue weighted by Crippen LogP contribution is 2.39. The van der Waals surface area contributed by atoms with Crippen molar-refractivity contribution in [1.29, 1.82) is 0 Å². The van der Waals surface area contributed by atoms with Gasteiger partial charge in [-0.3, -0.25) is 0 Å². The van der Waals surface area contributed by atoms with Crippen LogP contribution >= 0.6 is 46.0 Å². The fraction of sp³-hybridized carbons (Fsp3) is 0.667. The van der Waals surface area contributed by atoms with Gasteiger partial charge in [-0.25, -0.2) is 9.97 Å². The lowest BCUT2D eigenvalue weighted by Crippen LogP contribution is -2.08. The zero-order valence-electron chi connectivity index (χ0n) is 10.0. The van der Waals surface area contributed by atoms with Crippen molar-refractivity contribution in [3.8, 4) is 0 Å². The van der Waals surface area contributed by atoms with Crippen LogP contribution in [0.15, 0.2) is 0 Å². The van der Waals surface area contributed by atoms with Gasteiger partial charge in [0, 0.05) is 0 Å². The lowest BCUT2D eigenvalue weighted by molar-refractivity contribution is 0.625. The summed E-state index contributed by atoms with van der Waals surface area (Å²) in [6, 6.07) is 0. The number of rotatable bonds is 3. The second-order valence-electron chi connectivity index (χ2n) is 4.73. The van der Waals surface area contributed by atoms with Gasteiger partial charge < -0.3 is 0 Å². The van der Waals surface area contributed by atoms with Crippen LogP contribution in [0.5, 0.6) is 0 Å². The predicted molar refractivity (Wildman–Crippen MR) is 82.7 cm³/mol. The van der Waals surface area contributed by atoms with E-state index in [1.54, 1.807) is 0 Å². The molecule has 1 unspecified atom stereocenters. The summed E-state index contributed by atoms with van der Waals surface area (Å²) in [7, 11) is 0. The Labute approximate surface area is 125 Å². The van der Waals surface area contributed by atoms with E-state index >= 15 is 0 Å². The molecule has 1 saturated heterocycles. The number of hydrogen-bond acceptors (Lipinski definition) is 3. The number of halogens is 2. The first-order valence-electron chi connectivity index (χ1n) is 5.91. The third kappa shape index (κ3) is 3.47. The van der Waals surface area contributed by atoms with Crippen molar-refractivity contribution >= 4 is 46.0 Å². The molecule has 1 aliphatic heterocycles. The summed E-state index contributed by atoms with van der Waals surface area (Å²) >= 11 is 10.4. The van der Waals surface area contributed by atoms with Crippen LogP contribution in [0.3, 0.4) is 0 Å². The Hall–Kier alpha value is 0.450. The van der Waals surface area contributed by atoms with Crippen molar-refractivity contribution in [2.24, 2.45) is 5.92 Å². The first-order valence-corrected chi connectivity index (χ1v) is 8.42. The third-order valence-corrected chi connectivity index (χ3v) is 5.82. The van der Waals surface area contributed by atoms with Crippen LogP contribution in [0.2, 0.25) is 5.15 Å². The molecule has 0 radical (unpaired) electrons. The van der Waals surface area contributed by atoms with Crippen molar-refractivity contribution < 1.29 is 0 Å². The van der Waals surface area contributed by atoms with Gasteiger partial charge in [0.1, 0.15) is 11.0 Å². The second kappa shape index (κ2) is 6.06. The number of aromatic nitrogens is 2. The third-order valence-electron chi connectivity index (χ3n) is 2.72. The lowest BCUT2D eigenvalue weighted by Gasteiger charge is -2.13. The highest BCUT2D eigenvalue weighted by atomic mass is 127. The normalized spacial score (nSPS) is 20.2. The molecule has 0 spiro atoms. The minimum atomic E-state index is 0.454. The first kappa shape index (κ1) is 13.9. The summed E-state index contributed by atoms with van der Waals surface area (Å²) in [5.74, 6) is 2.75. The topological polar surface area (TPSA) is 25.8 Å². The molecule has 1 fully saturated rings. The molecule has 2 rings (SSSR count). The van der Waals surface area contributed by atoms with Crippen LogP contribution < -0.4 is 0 Å². The molecule has 5 heteroatoms. The maximum absolute atomic E-state index is 6.21. The van der Waals surface area contributed by atoms with Crippen molar-refractivity contribution in [3.63, 3.8) is 0 Å². The fourth-order valence-corrected chi connectivity index (χ4v) is 3.79. The van der Waals surface area contributed by atoms with Crippen molar-refractivity contribution in [2.75, 3.05) is 5.75 Å². The van der Waals surface area contributed by atoms with Crippen LogP contribution in [0.1, 0.15) is 43.5 Å². The van der Waals surface area contributed by atoms with Gasteiger partial charge in [-0.05, 0) is 53.5 Å². The summed E-state index contributed by atoms with van der Waals surface area (Å²) < 4.78 is 1.02. The fourth-order valence-electron chi connectivity index (χ4n) is 1.93. The van der Waals surface area contributed by atoms with Crippen molar-refractivity contribution in [2.45, 2.75) is 38.4 Å². The van der Waals surface area contributed by atoms with Crippen LogP contribution in [0.25, 0.3) is 0 Å². The van der Waals surface area contributed by atoms with E-state index in [1.165, 1.54) is 18.6 Å². The zero-order chi connectivity index (χ0) is 12.4. The predicted octanol–water partition coefficient (Wildman–Crippen LogP) is 4.50. The molecule has 1 aromatic rings. The van der Waals surface area contributed by atoms with Crippen molar-refractivity contribution in [1.82, 2.24) is 9.97 Å². The molecule has 0 bridgehead atoms. The van der Waals surface area contributed by atoms with Crippen LogP contribution in [0.4, 0.5) is 0 Å². The molecule has 1 aromatic heterocycles. The first-order chi connectivity index (χ1) is 8.08. The summed E-state index contributed by atoms with van der Waals surface area (Å²) in [5.41, 5.74) is 1.11. The highest BCUT2D eigenvalue weighted by molar-refractivity contribution is 14.1. The molecule has 0 aliphatic carbocycles. The Morgan fingerprint density at radius 2 is 2.24 bits per heavy atom. The molecule has 1 aliphatic rings. The Kier molecular flexibility index (Phi) is 4.95. The number of hydrogen-bond donors (Lipinski definition) is 0. The molecular formula is C12H16ClIN2S. The SMILES string of the molecule is CC(C)Cc1nc(C2CCCS2)nc(Cl)c1I. The molecule has 1 atom stereocenters. The quantitative estimate of drug-likeness (QED) is 0.568. The standard InChI is InChI=1S/C12H16ClIN2S/c1-7(2)6-8-10(14)11(13)16-12(15-8)9-4-3-5-17-9/h7,9H,3-6H2,1-2H3. The van der Waals surface area contributed by atoms with Gasteiger partial charge in [0.05, 0.1) is 14.5 Å². The van der Waals surface area contributed by atoms with Gasteiger partial charge >= 0.3 is 0 Å². The van der Waals surface area contributed by atoms with E-state index in [2.05, 4.69) is 41.4 Å². The van der Waals surface area contributed by atoms with Crippen molar-refractivity contribution in [3.05, 3.63) is 20.2 Å². The average molecular weight is 383 g/mol. The molecule has 0 N–H and O–H groups in total. The molecule has 94 valence electrons.